The summed E-state index contributed by atoms with van der Waals surface area (Å²) in [4.78, 5) is 4.30. The summed E-state index contributed by atoms with van der Waals surface area (Å²) in [7, 11) is 0. The molecule has 0 amide bonds. The average molecular weight is 243 g/mol. The second-order valence-corrected chi connectivity index (χ2v) is 3.43. The molecule has 0 spiro atoms. The second-order valence-electron chi connectivity index (χ2n) is 3.43. The van der Waals surface area contributed by atoms with Gasteiger partial charge in [-0.2, -0.15) is 0 Å². The van der Waals surface area contributed by atoms with Gasteiger partial charge < -0.3 is 5.11 Å². The van der Waals surface area contributed by atoms with E-state index in [0.29, 0.717) is 5.57 Å². The van der Waals surface area contributed by atoms with Gasteiger partial charge in [-0.25, -0.2) is 0 Å². The van der Waals surface area contributed by atoms with Gasteiger partial charge in [0.25, 0.3) is 0 Å². The highest BCUT2D eigenvalue weighted by Crippen LogP contribution is 2.07. The largest absolute Gasteiger partial charge is 0.507 e. The van der Waals surface area contributed by atoms with Crippen LogP contribution in [0.25, 0.3) is 0 Å². The summed E-state index contributed by atoms with van der Waals surface area (Å²) in [6, 6.07) is 0. The van der Waals surface area contributed by atoms with Crippen LogP contribution in [0, 0.1) is 0 Å². The van der Waals surface area contributed by atoms with Crippen molar-refractivity contribution in [3.63, 3.8) is 0 Å². The number of aliphatic hydroxyl groups excluding tert-OH is 1. The highest BCUT2D eigenvalue weighted by Gasteiger charge is 1.97. The van der Waals surface area contributed by atoms with Gasteiger partial charge in [0.1, 0.15) is 5.76 Å². The lowest BCUT2D eigenvalue weighted by molar-refractivity contribution is 0.428. The smallest absolute Gasteiger partial charge is 0.123 e. The van der Waals surface area contributed by atoms with Gasteiger partial charge in [-0.15, -0.1) is 0 Å². The molecule has 0 aliphatic carbocycles. The normalized spacial score (nSPS) is 14.4. The van der Waals surface area contributed by atoms with Gasteiger partial charge in [-0.3, -0.25) is 4.99 Å². The van der Waals surface area contributed by atoms with Gasteiger partial charge >= 0.3 is 0 Å². The number of nitrogens with zero attached hydrogens (tertiary/aromatic N) is 1. The molecule has 0 aliphatic rings. The maximum Gasteiger partial charge on any atom is 0.123 e. The Morgan fingerprint density at radius 2 is 1.89 bits per heavy atom. The Bertz CT molecular complexity index is 420. The fraction of sp³-hybridized carbons (Fsp3) is 0.188. The number of allylic oxidation sites excluding steroid dienone is 8. The summed E-state index contributed by atoms with van der Waals surface area (Å²) in [5, 5.41) is 9.70. The molecule has 0 heterocycles. The Morgan fingerprint density at radius 1 is 1.22 bits per heavy atom. The van der Waals surface area contributed by atoms with E-state index in [1.54, 1.807) is 18.4 Å². The van der Waals surface area contributed by atoms with E-state index in [2.05, 4.69) is 25.1 Å². The van der Waals surface area contributed by atoms with Crippen LogP contribution in [0.2, 0.25) is 0 Å². The summed E-state index contributed by atoms with van der Waals surface area (Å²) in [6.07, 6.45) is 14.8. The van der Waals surface area contributed by atoms with E-state index in [1.807, 2.05) is 25.2 Å². The van der Waals surface area contributed by atoms with Gasteiger partial charge in [0.15, 0.2) is 0 Å². The molecule has 0 aliphatic heterocycles. The van der Waals surface area contributed by atoms with Gasteiger partial charge in [0, 0.05) is 11.8 Å². The van der Waals surface area contributed by atoms with E-state index < -0.39 is 0 Å². The van der Waals surface area contributed by atoms with Crippen molar-refractivity contribution in [2.24, 2.45) is 4.99 Å². The standard InChI is InChI=1S/C16H21NO/c1-5-9-12-15(10-6-2)17-13-14(8-4)16(18)11-7-3/h6-13,18H,2-3,5H2,1,4H3/b12-9-,14-8-,15-10+,16-11+,17-13+. The van der Waals surface area contributed by atoms with E-state index >= 15 is 0 Å². The molecule has 0 bridgehead atoms. The third-order valence-electron chi connectivity index (χ3n) is 2.05. The monoisotopic (exact) mass is 243 g/mol. The van der Waals surface area contributed by atoms with Crippen LogP contribution in [-0.4, -0.2) is 11.3 Å². The zero-order valence-electron chi connectivity index (χ0n) is 11.1. The molecular formula is C16H21NO. The number of aliphatic imine (C=N–C) groups is 1. The van der Waals surface area contributed by atoms with Gasteiger partial charge in [0.05, 0.1) is 5.70 Å². The van der Waals surface area contributed by atoms with E-state index in [-0.39, 0.29) is 5.76 Å². The van der Waals surface area contributed by atoms with E-state index in [1.165, 1.54) is 12.2 Å². The second kappa shape index (κ2) is 10.1. The Kier molecular flexibility index (Phi) is 8.92. The predicted molar refractivity (Wildman–Crippen MR) is 80.9 cm³/mol. The minimum atomic E-state index is 0.147. The van der Waals surface area contributed by atoms with Crippen molar-refractivity contribution in [1.82, 2.24) is 0 Å². The molecule has 96 valence electrons. The van der Waals surface area contributed by atoms with Crippen molar-refractivity contribution in [2.75, 3.05) is 0 Å². The molecule has 0 radical (unpaired) electrons. The van der Waals surface area contributed by atoms with Crippen LogP contribution < -0.4 is 0 Å². The van der Waals surface area contributed by atoms with E-state index in [9.17, 15) is 5.11 Å². The van der Waals surface area contributed by atoms with Crippen molar-refractivity contribution in [2.45, 2.75) is 20.3 Å². The maximum atomic E-state index is 9.70. The van der Waals surface area contributed by atoms with Gasteiger partial charge in [-0.1, -0.05) is 44.4 Å². The summed E-state index contributed by atoms with van der Waals surface area (Å²) in [6.45, 7) is 11.1. The first kappa shape index (κ1) is 15.9. The number of rotatable bonds is 7. The minimum Gasteiger partial charge on any atom is -0.507 e. The molecule has 0 rings (SSSR count). The zero-order chi connectivity index (χ0) is 13.8. The fourth-order valence-electron chi connectivity index (χ4n) is 1.14. The van der Waals surface area contributed by atoms with Gasteiger partial charge in [-0.05, 0) is 31.6 Å². The third kappa shape index (κ3) is 6.48. The number of aliphatic hydroxyl groups is 1. The Labute approximate surface area is 110 Å². The van der Waals surface area contributed by atoms with Crippen molar-refractivity contribution in [1.29, 1.82) is 0 Å². The summed E-state index contributed by atoms with van der Waals surface area (Å²) in [5.74, 6) is 0.147. The van der Waals surface area contributed by atoms with E-state index in [4.69, 9.17) is 0 Å². The Balaban J connectivity index is 5.02. The van der Waals surface area contributed by atoms with E-state index in [0.717, 1.165) is 12.1 Å². The molecule has 0 atom stereocenters. The van der Waals surface area contributed by atoms with Crippen LogP contribution in [0.4, 0.5) is 0 Å². The van der Waals surface area contributed by atoms with Crippen LogP contribution in [-0.2, 0) is 0 Å². The predicted octanol–water partition coefficient (Wildman–Crippen LogP) is 4.67. The Morgan fingerprint density at radius 3 is 2.39 bits per heavy atom. The van der Waals surface area contributed by atoms with Gasteiger partial charge in [0.2, 0.25) is 0 Å². The molecule has 2 heteroatoms. The van der Waals surface area contributed by atoms with Crippen LogP contribution in [0.15, 0.2) is 77.7 Å². The molecule has 0 aromatic carbocycles. The van der Waals surface area contributed by atoms with Crippen LogP contribution in [0.5, 0.6) is 0 Å². The molecule has 2 nitrogen and oxygen atoms in total. The topological polar surface area (TPSA) is 32.6 Å². The summed E-state index contributed by atoms with van der Waals surface area (Å²) in [5.41, 5.74) is 1.44. The lowest BCUT2D eigenvalue weighted by atomic mass is 10.2. The molecule has 18 heavy (non-hydrogen) atoms. The minimum absolute atomic E-state index is 0.147. The molecular weight excluding hydrogens is 222 g/mol. The highest BCUT2D eigenvalue weighted by molar-refractivity contribution is 5.84. The molecule has 0 unspecified atom stereocenters. The van der Waals surface area contributed by atoms with Crippen LogP contribution in [0.1, 0.15) is 20.3 Å². The van der Waals surface area contributed by atoms with Crippen molar-refractivity contribution < 1.29 is 5.11 Å². The first-order valence-electron chi connectivity index (χ1n) is 5.91. The summed E-state index contributed by atoms with van der Waals surface area (Å²) < 4.78 is 0. The Hall–Kier alpha value is -2.09. The fourth-order valence-corrected chi connectivity index (χ4v) is 1.14. The molecule has 0 aromatic rings. The lowest BCUT2D eigenvalue weighted by Crippen LogP contribution is -1.90. The quantitative estimate of drug-likeness (QED) is 0.393. The first-order chi connectivity index (χ1) is 8.69. The molecule has 0 fully saturated rings. The molecule has 0 aromatic heterocycles. The van der Waals surface area contributed by atoms with Crippen LogP contribution >= 0.6 is 0 Å². The zero-order valence-corrected chi connectivity index (χ0v) is 11.1. The maximum absolute atomic E-state index is 9.70. The van der Waals surface area contributed by atoms with Crippen molar-refractivity contribution >= 4 is 6.21 Å². The number of hydrogen-bond donors (Lipinski definition) is 1. The summed E-state index contributed by atoms with van der Waals surface area (Å²) >= 11 is 0. The number of hydrogen-bond acceptors (Lipinski definition) is 2. The SMILES string of the molecule is C=C/C=C(\C=C/CC)/N=C/C(=C/C)C(/O)=C\C=C. The third-order valence-corrected chi connectivity index (χ3v) is 2.05. The molecule has 1 N–H and O–H groups in total. The van der Waals surface area contributed by atoms with Crippen molar-refractivity contribution in [3.8, 4) is 0 Å². The highest BCUT2D eigenvalue weighted by atomic mass is 16.3. The lowest BCUT2D eigenvalue weighted by Gasteiger charge is -1.99. The first-order valence-corrected chi connectivity index (χ1v) is 5.91. The molecule has 0 saturated carbocycles. The molecule has 0 saturated heterocycles. The van der Waals surface area contributed by atoms with Crippen molar-refractivity contribution in [3.05, 3.63) is 72.7 Å². The van der Waals surface area contributed by atoms with Crippen LogP contribution in [0.3, 0.4) is 0 Å². The average Bonchev–Trinajstić information content (AvgIpc) is 2.36.